The van der Waals surface area contributed by atoms with Gasteiger partial charge >= 0.3 is 0 Å². The standard InChI is InChI=1S/C26H26N4O4/c27-24(31)21-8-1-2-9-22(21)34-17-18-6-5-7-20(16-18)26(33)30-14-11-19(12-15-30)25(32)29-23-10-3-4-13-28-23/h1-10,13,16,19H,11-12,14-15,17H2,(H2,27,31)(H,28,29,32). The predicted octanol–water partition coefficient (Wildman–Crippen LogP) is 3.25. The number of hydrogen-bond donors (Lipinski definition) is 2. The summed E-state index contributed by atoms with van der Waals surface area (Å²) in [7, 11) is 0. The third kappa shape index (κ3) is 5.58. The van der Waals surface area contributed by atoms with Crippen LogP contribution in [-0.2, 0) is 11.4 Å². The van der Waals surface area contributed by atoms with Gasteiger partial charge < -0.3 is 20.7 Å². The summed E-state index contributed by atoms with van der Waals surface area (Å²) in [5, 5.41) is 2.84. The van der Waals surface area contributed by atoms with E-state index in [1.807, 2.05) is 12.1 Å². The van der Waals surface area contributed by atoms with E-state index < -0.39 is 5.91 Å². The zero-order valence-electron chi connectivity index (χ0n) is 18.6. The van der Waals surface area contributed by atoms with Gasteiger partial charge in [-0.1, -0.05) is 30.3 Å². The molecule has 0 radical (unpaired) electrons. The first kappa shape index (κ1) is 23.0. The van der Waals surface area contributed by atoms with Crippen LogP contribution < -0.4 is 15.8 Å². The van der Waals surface area contributed by atoms with Crippen molar-refractivity contribution in [2.75, 3.05) is 18.4 Å². The van der Waals surface area contributed by atoms with E-state index in [2.05, 4.69) is 10.3 Å². The largest absolute Gasteiger partial charge is 0.488 e. The average molecular weight is 459 g/mol. The summed E-state index contributed by atoms with van der Waals surface area (Å²) in [6.45, 7) is 1.21. The van der Waals surface area contributed by atoms with E-state index in [0.717, 1.165) is 5.56 Å². The number of carbonyl (C=O) groups is 3. The van der Waals surface area contributed by atoms with Crippen LogP contribution in [0.3, 0.4) is 0 Å². The minimum Gasteiger partial charge on any atom is -0.488 e. The molecule has 1 aromatic heterocycles. The van der Waals surface area contributed by atoms with Crippen LogP contribution in [0.2, 0.25) is 0 Å². The fourth-order valence-corrected chi connectivity index (χ4v) is 3.94. The summed E-state index contributed by atoms with van der Waals surface area (Å²) in [4.78, 5) is 43.0. The molecular weight excluding hydrogens is 432 g/mol. The SMILES string of the molecule is NC(=O)c1ccccc1OCc1cccc(C(=O)N2CCC(C(=O)Nc3ccccn3)CC2)c1. The highest BCUT2D eigenvalue weighted by Gasteiger charge is 2.28. The van der Waals surface area contributed by atoms with Gasteiger partial charge in [-0.3, -0.25) is 14.4 Å². The lowest BCUT2D eigenvalue weighted by atomic mass is 9.95. The number of nitrogens with two attached hydrogens (primary N) is 1. The molecule has 8 nitrogen and oxygen atoms in total. The van der Waals surface area contributed by atoms with Gasteiger partial charge in [0.25, 0.3) is 11.8 Å². The number of para-hydroxylation sites is 1. The molecule has 3 amide bonds. The zero-order chi connectivity index (χ0) is 23.9. The quantitative estimate of drug-likeness (QED) is 0.564. The molecule has 0 saturated carbocycles. The van der Waals surface area contributed by atoms with Crippen molar-refractivity contribution >= 4 is 23.5 Å². The van der Waals surface area contributed by atoms with Gasteiger partial charge in [0.1, 0.15) is 18.2 Å². The summed E-state index contributed by atoms with van der Waals surface area (Å²) in [6, 6.07) is 19.4. The first-order chi connectivity index (χ1) is 16.5. The van der Waals surface area contributed by atoms with Crippen LogP contribution in [0, 0.1) is 5.92 Å². The van der Waals surface area contributed by atoms with Gasteiger partial charge in [0.2, 0.25) is 5.91 Å². The molecule has 0 bridgehead atoms. The zero-order valence-corrected chi connectivity index (χ0v) is 18.6. The van der Waals surface area contributed by atoms with Crippen LogP contribution in [0.15, 0.2) is 72.9 Å². The number of hydrogen-bond acceptors (Lipinski definition) is 5. The highest BCUT2D eigenvalue weighted by atomic mass is 16.5. The monoisotopic (exact) mass is 458 g/mol. The molecule has 174 valence electrons. The Morgan fingerprint density at radius 3 is 2.50 bits per heavy atom. The number of anilines is 1. The molecule has 0 spiro atoms. The summed E-state index contributed by atoms with van der Waals surface area (Å²) in [5.41, 5.74) is 7.07. The van der Waals surface area contributed by atoms with E-state index in [-0.39, 0.29) is 24.3 Å². The molecule has 1 aliphatic heterocycles. The molecule has 0 aliphatic carbocycles. The van der Waals surface area contributed by atoms with Gasteiger partial charge in [-0.15, -0.1) is 0 Å². The van der Waals surface area contributed by atoms with E-state index in [1.54, 1.807) is 65.7 Å². The number of aromatic nitrogens is 1. The number of nitrogens with one attached hydrogen (secondary N) is 1. The van der Waals surface area contributed by atoms with Crippen molar-refractivity contribution in [2.24, 2.45) is 11.7 Å². The Morgan fingerprint density at radius 2 is 1.76 bits per heavy atom. The molecule has 1 aliphatic rings. The minimum absolute atomic E-state index is 0.0683. The van der Waals surface area contributed by atoms with Crippen molar-refractivity contribution in [3.8, 4) is 5.75 Å². The van der Waals surface area contributed by atoms with Crippen LogP contribution in [0.1, 0.15) is 39.1 Å². The summed E-state index contributed by atoms with van der Waals surface area (Å²) in [5.74, 6) is 0.0678. The Morgan fingerprint density at radius 1 is 1.00 bits per heavy atom. The number of pyridine rings is 1. The Balaban J connectivity index is 1.33. The number of likely N-dealkylation sites (tertiary alicyclic amines) is 1. The lowest BCUT2D eigenvalue weighted by Gasteiger charge is -2.31. The summed E-state index contributed by atoms with van der Waals surface area (Å²) < 4.78 is 5.78. The Hall–Kier alpha value is -4.20. The maximum Gasteiger partial charge on any atom is 0.253 e. The Labute approximate surface area is 197 Å². The van der Waals surface area contributed by atoms with E-state index in [1.165, 1.54) is 0 Å². The van der Waals surface area contributed by atoms with Crippen molar-refractivity contribution in [3.63, 3.8) is 0 Å². The first-order valence-corrected chi connectivity index (χ1v) is 11.1. The first-order valence-electron chi connectivity index (χ1n) is 11.1. The minimum atomic E-state index is -0.559. The number of amides is 3. The number of primary amides is 1. The van der Waals surface area contributed by atoms with Crippen LogP contribution in [0.5, 0.6) is 5.75 Å². The van der Waals surface area contributed by atoms with Crippen molar-refractivity contribution < 1.29 is 19.1 Å². The van der Waals surface area contributed by atoms with Crippen molar-refractivity contribution in [1.82, 2.24) is 9.88 Å². The van der Waals surface area contributed by atoms with E-state index in [0.29, 0.717) is 48.6 Å². The molecule has 0 atom stereocenters. The third-order valence-electron chi connectivity index (χ3n) is 5.79. The molecule has 8 heteroatoms. The van der Waals surface area contributed by atoms with Gasteiger partial charge in [-0.05, 0) is 54.8 Å². The number of nitrogens with zero attached hydrogens (tertiary/aromatic N) is 2. The van der Waals surface area contributed by atoms with E-state index in [9.17, 15) is 14.4 Å². The smallest absolute Gasteiger partial charge is 0.253 e. The average Bonchev–Trinajstić information content (AvgIpc) is 2.88. The molecular formula is C26H26N4O4. The molecule has 0 unspecified atom stereocenters. The fourth-order valence-electron chi connectivity index (χ4n) is 3.94. The molecule has 2 heterocycles. The fraction of sp³-hybridized carbons (Fsp3) is 0.231. The van der Waals surface area contributed by atoms with Crippen molar-refractivity contribution in [2.45, 2.75) is 19.4 Å². The number of ether oxygens (including phenoxy) is 1. The maximum absolute atomic E-state index is 13.1. The summed E-state index contributed by atoms with van der Waals surface area (Å²) in [6.07, 6.45) is 2.82. The lowest BCUT2D eigenvalue weighted by molar-refractivity contribution is -0.121. The highest BCUT2D eigenvalue weighted by molar-refractivity contribution is 5.96. The van der Waals surface area contributed by atoms with Gasteiger partial charge in [0, 0.05) is 30.8 Å². The number of rotatable bonds is 7. The number of benzene rings is 2. The van der Waals surface area contributed by atoms with E-state index in [4.69, 9.17) is 10.5 Å². The molecule has 2 aromatic carbocycles. The lowest BCUT2D eigenvalue weighted by Crippen LogP contribution is -2.41. The topological polar surface area (TPSA) is 115 Å². The van der Waals surface area contributed by atoms with Crippen LogP contribution in [-0.4, -0.2) is 40.7 Å². The highest BCUT2D eigenvalue weighted by Crippen LogP contribution is 2.22. The normalized spacial score (nSPS) is 13.8. The second kappa shape index (κ2) is 10.6. The van der Waals surface area contributed by atoms with Crippen molar-refractivity contribution in [1.29, 1.82) is 0 Å². The Kier molecular flexibility index (Phi) is 7.17. The maximum atomic E-state index is 13.1. The van der Waals surface area contributed by atoms with E-state index >= 15 is 0 Å². The second-order valence-electron chi connectivity index (χ2n) is 8.12. The van der Waals surface area contributed by atoms with Gasteiger partial charge in [0.05, 0.1) is 5.56 Å². The molecule has 1 fully saturated rings. The molecule has 3 N–H and O–H groups in total. The third-order valence-corrected chi connectivity index (χ3v) is 5.79. The molecule has 34 heavy (non-hydrogen) atoms. The van der Waals surface area contributed by atoms with Gasteiger partial charge in [-0.25, -0.2) is 4.98 Å². The molecule has 1 saturated heterocycles. The molecule has 4 rings (SSSR count). The Bertz CT molecular complexity index is 1170. The number of carbonyl (C=O) groups excluding carboxylic acids is 3. The summed E-state index contributed by atoms with van der Waals surface area (Å²) >= 11 is 0. The second-order valence-corrected chi connectivity index (χ2v) is 8.12. The van der Waals surface area contributed by atoms with Crippen LogP contribution in [0.25, 0.3) is 0 Å². The van der Waals surface area contributed by atoms with Gasteiger partial charge in [-0.2, -0.15) is 0 Å². The van der Waals surface area contributed by atoms with Gasteiger partial charge in [0.15, 0.2) is 0 Å². The number of piperidine rings is 1. The van der Waals surface area contributed by atoms with Crippen molar-refractivity contribution in [3.05, 3.63) is 89.6 Å². The van der Waals surface area contributed by atoms with Crippen LogP contribution >= 0.6 is 0 Å². The molecule has 3 aromatic rings. The predicted molar refractivity (Wildman–Crippen MR) is 127 cm³/mol. The van der Waals surface area contributed by atoms with Crippen LogP contribution in [0.4, 0.5) is 5.82 Å².